The van der Waals surface area contributed by atoms with Crippen LogP contribution in [0.1, 0.15) is 20.8 Å². The minimum absolute atomic E-state index is 0.0173. The van der Waals surface area contributed by atoms with Crippen molar-refractivity contribution in [2.75, 3.05) is 11.1 Å². The van der Waals surface area contributed by atoms with Gasteiger partial charge in [-0.05, 0) is 31.9 Å². The van der Waals surface area contributed by atoms with Crippen LogP contribution in [0.4, 0.5) is 15.8 Å². The van der Waals surface area contributed by atoms with Gasteiger partial charge >= 0.3 is 0 Å². The van der Waals surface area contributed by atoms with E-state index in [2.05, 4.69) is 5.32 Å². The fourth-order valence-electron chi connectivity index (χ4n) is 2.60. The Balaban J connectivity index is 2.18. The number of nitrogens with one attached hydrogen (secondary N) is 1. The summed E-state index contributed by atoms with van der Waals surface area (Å²) in [5.74, 6) is -0.987. The number of ether oxygens (including phenoxy) is 1. The van der Waals surface area contributed by atoms with Crippen molar-refractivity contribution in [1.29, 1.82) is 0 Å². The van der Waals surface area contributed by atoms with Gasteiger partial charge in [0.05, 0.1) is 23.8 Å². The summed E-state index contributed by atoms with van der Waals surface area (Å²) >= 11 is 0. The van der Waals surface area contributed by atoms with Crippen LogP contribution in [-0.2, 0) is 9.53 Å². The Bertz CT molecular complexity index is 472. The number of carbonyl (C=O) groups is 1. The summed E-state index contributed by atoms with van der Waals surface area (Å²) in [6, 6.07) is 4.33. The summed E-state index contributed by atoms with van der Waals surface area (Å²) in [6.45, 7) is 5.75. The minimum atomic E-state index is -0.527. The molecule has 2 rings (SSSR count). The van der Waals surface area contributed by atoms with E-state index >= 15 is 0 Å². The average Bonchev–Trinajstić information content (AvgIpc) is 2.58. The molecular formula is C14H19FN2O2. The zero-order chi connectivity index (χ0) is 14.2. The maximum atomic E-state index is 13.6. The molecule has 4 atom stereocenters. The van der Waals surface area contributed by atoms with Crippen LogP contribution in [0.15, 0.2) is 18.2 Å². The van der Waals surface area contributed by atoms with E-state index in [0.717, 1.165) is 0 Å². The molecule has 1 amide bonds. The molecule has 0 aliphatic carbocycles. The predicted octanol–water partition coefficient (Wildman–Crippen LogP) is 2.41. The standard InChI is InChI=1S/C14H19FN2O2/c1-7-8(2)19-9(3)12(7)14(18)17-13-10(15)5-4-6-11(13)16/h4-9,12H,16H2,1-3H3,(H,17,18). The van der Waals surface area contributed by atoms with Crippen LogP contribution in [0.3, 0.4) is 0 Å². The van der Waals surface area contributed by atoms with Crippen molar-refractivity contribution in [1.82, 2.24) is 0 Å². The van der Waals surface area contributed by atoms with E-state index in [4.69, 9.17) is 10.5 Å². The third-order valence-electron chi connectivity index (χ3n) is 3.84. The lowest BCUT2D eigenvalue weighted by atomic mass is 9.89. The summed E-state index contributed by atoms with van der Waals surface area (Å²) in [4.78, 5) is 12.3. The Kier molecular flexibility index (Phi) is 3.75. The average molecular weight is 266 g/mol. The first-order chi connectivity index (χ1) is 8.91. The Morgan fingerprint density at radius 1 is 1.32 bits per heavy atom. The Hall–Kier alpha value is -1.62. The monoisotopic (exact) mass is 266 g/mol. The first kappa shape index (κ1) is 13.8. The number of hydrogen-bond acceptors (Lipinski definition) is 3. The first-order valence-electron chi connectivity index (χ1n) is 6.42. The van der Waals surface area contributed by atoms with Crippen molar-refractivity contribution < 1.29 is 13.9 Å². The van der Waals surface area contributed by atoms with Gasteiger partial charge in [-0.25, -0.2) is 4.39 Å². The van der Waals surface area contributed by atoms with Gasteiger partial charge in [-0.3, -0.25) is 4.79 Å². The van der Waals surface area contributed by atoms with Crippen molar-refractivity contribution in [2.24, 2.45) is 11.8 Å². The highest BCUT2D eigenvalue weighted by Gasteiger charge is 2.41. The molecule has 1 heterocycles. The molecule has 1 saturated heterocycles. The molecule has 4 nitrogen and oxygen atoms in total. The van der Waals surface area contributed by atoms with Gasteiger partial charge in [0.1, 0.15) is 11.5 Å². The van der Waals surface area contributed by atoms with Gasteiger partial charge in [0.2, 0.25) is 5.91 Å². The van der Waals surface area contributed by atoms with E-state index in [1.54, 1.807) is 6.07 Å². The molecule has 1 aliphatic heterocycles. The molecule has 1 aromatic rings. The van der Waals surface area contributed by atoms with Crippen molar-refractivity contribution in [3.8, 4) is 0 Å². The molecule has 1 aliphatic rings. The van der Waals surface area contributed by atoms with E-state index in [1.807, 2.05) is 20.8 Å². The number of carbonyl (C=O) groups excluding carboxylic acids is 1. The Morgan fingerprint density at radius 3 is 2.53 bits per heavy atom. The molecule has 5 heteroatoms. The Morgan fingerprint density at radius 2 is 2.00 bits per heavy atom. The largest absolute Gasteiger partial charge is 0.397 e. The van der Waals surface area contributed by atoms with Gasteiger partial charge in [-0.1, -0.05) is 13.0 Å². The SMILES string of the molecule is CC1OC(C)C(C(=O)Nc2c(N)cccc2F)C1C. The van der Waals surface area contributed by atoms with Crippen LogP contribution in [0.25, 0.3) is 0 Å². The van der Waals surface area contributed by atoms with Gasteiger partial charge in [-0.2, -0.15) is 0 Å². The van der Waals surface area contributed by atoms with Gasteiger partial charge in [-0.15, -0.1) is 0 Å². The predicted molar refractivity (Wildman–Crippen MR) is 72.1 cm³/mol. The molecule has 0 bridgehead atoms. The van der Waals surface area contributed by atoms with Gasteiger partial charge < -0.3 is 15.8 Å². The lowest BCUT2D eigenvalue weighted by Crippen LogP contribution is -2.32. The van der Waals surface area contributed by atoms with Gasteiger partial charge in [0, 0.05) is 0 Å². The van der Waals surface area contributed by atoms with Crippen LogP contribution < -0.4 is 11.1 Å². The molecule has 0 spiro atoms. The molecule has 0 aromatic heterocycles. The van der Waals surface area contributed by atoms with E-state index in [9.17, 15) is 9.18 Å². The number of halogens is 1. The van der Waals surface area contributed by atoms with Crippen LogP contribution in [0, 0.1) is 17.7 Å². The second kappa shape index (κ2) is 5.17. The van der Waals surface area contributed by atoms with Crippen LogP contribution in [0.5, 0.6) is 0 Å². The highest BCUT2D eigenvalue weighted by molar-refractivity contribution is 5.96. The molecule has 19 heavy (non-hydrogen) atoms. The van der Waals surface area contributed by atoms with E-state index in [0.29, 0.717) is 0 Å². The fourth-order valence-corrected chi connectivity index (χ4v) is 2.60. The molecule has 0 saturated carbocycles. The molecule has 1 fully saturated rings. The summed E-state index contributed by atoms with van der Waals surface area (Å²) in [5.41, 5.74) is 5.95. The lowest BCUT2D eigenvalue weighted by molar-refractivity contribution is -0.122. The number of nitrogens with two attached hydrogens (primary N) is 1. The quantitative estimate of drug-likeness (QED) is 0.808. The zero-order valence-electron chi connectivity index (χ0n) is 11.3. The maximum Gasteiger partial charge on any atom is 0.230 e. The summed E-state index contributed by atoms with van der Waals surface area (Å²) in [6.07, 6.45) is -0.165. The van der Waals surface area contributed by atoms with Crippen LogP contribution >= 0.6 is 0 Å². The number of benzene rings is 1. The zero-order valence-corrected chi connectivity index (χ0v) is 11.3. The van der Waals surface area contributed by atoms with E-state index in [1.165, 1.54) is 12.1 Å². The summed E-state index contributed by atoms with van der Waals surface area (Å²) < 4.78 is 19.3. The number of rotatable bonds is 2. The molecule has 3 N–H and O–H groups in total. The highest BCUT2D eigenvalue weighted by Crippen LogP contribution is 2.33. The third-order valence-corrected chi connectivity index (χ3v) is 3.84. The number of hydrogen-bond donors (Lipinski definition) is 2. The molecule has 0 radical (unpaired) electrons. The van der Waals surface area contributed by atoms with Crippen molar-refractivity contribution in [3.05, 3.63) is 24.0 Å². The van der Waals surface area contributed by atoms with Crippen molar-refractivity contribution in [3.63, 3.8) is 0 Å². The molecule has 104 valence electrons. The van der Waals surface area contributed by atoms with Crippen molar-refractivity contribution in [2.45, 2.75) is 33.0 Å². The lowest BCUT2D eigenvalue weighted by Gasteiger charge is -2.18. The normalized spacial score (nSPS) is 30.3. The third kappa shape index (κ3) is 2.56. The number of para-hydroxylation sites is 1. The van der Waals surface area contributed by atoms with E-state index < -0.39 is 5.82 Å². The second-order valence-corrected chi connectivity index (χ2v) is 5.12. The minimum Gasteiger partial charge on any atom is -0.397 e. The van der Waals surface area contributed by atoms with Gasteiger partial charge in [0.25, 0.3) is 0 Å². The highest BCUT2D eigenvalue weighted by atomic mass is 19.1. The summed E-state index contributed by atoms with van der Waals surface area (Å²) in [5, 5.41) is 2.58. The smallest absolute Gasteiger partial charge is 0.230 e. The Labute approximate surface area is 112 Å². The number of amides is 1. The summed E-state index contributed by atoms with van der Waals surface area (Å²) in [7, 11) is 0. The van der Waals surface area contributed by atoms with Crippen LogP contribution in [-0.4, -0.2) is 18.1 Å². The van der Waals surface area contributed by atoms with Crippen LogP contribution in [0.2, 0.25) is 0 Å². The first-order valence-corrected chi connectivity index (χ1v) is 6.42. The topological polar surface area (TPSA) is 64.3 Å². The van der Waals surface area contributed by atoms with Crippen molar-refractivity contribution >= 4 is 17.3 Å². The number of anilines is 2. The molecule has 4 unspecified atom stereocenters. The van der Waals surface area contributed by atoms with Gasteiger partial charge in [0.15, 0.2) is 0 Å². The van der Waals surface area contributed by atoms with E-state index in [-0.39, 0.29) is 41.3 Å². The second-order valence-electron chi connectivity index (χ2n) is 5.12. The molecular weight excluding hydrogens is 247 g/mol. The fraction of sp³-hybridized carbons (Fsp3) is 0.500. The molecule has 1 aromatic carbocycles. The number of nitrogen functional groups attached to an aromatic ring is 1. The maximum absolute atomic E-state index is 13.6.